The minimum Gasteiger partial charge on any atom is -0.470 e. The highest BCUT2D eigenvalue weighted by molar-refractivity contribution is 9.10. The molecule has 33 heavy (non-hydrogen) atoms. The van der Waals surface area contributed by atoms with E-state index in [0.29, 0.717) is 0 Å². The van der Waals surface area contributed by atoms with Crippen molar-refractivity contribution in [3.05, 3.63) is 105 Å². The minimum atomic E-state index is -0.397. The maximum atomic E-state index is 6.77. The summed E-state index contributed by atoms with van der Waals surface area (Å²) in [4.78, 5) is 2.52. The predicted molar refractivity (Wildman–Crippen MR) is 136 cm³/mol. The van der Waals surface area contributed by atoms with Gasteiger partial charge in [-0.2, -0.15) is 5.01 Å². The summed E-state index contributed by atoms with van der Waals surface area (Å²) in [6, 6.07) is 25.2. The van der Waals surface area contributed by atoms with Crippen molar-refractivity contribution in [3.63, 3.8) is 0 Å². The largest absolute Gasteiger partial charge is 0.470 e. The average Bonchev–Trinajstić information content (AvgIpc) is 3.29. The second kappa shape index (κ2) is 8.48. The van der Waals surface area contributed by atoms with Crippen molar-refractivity contribution in [2.75, 3.05) is 13.1 Å². The molecule has 0 aliphatic carbocycles. The van der Waals surface area contributed by atoms with Crippen molar-refractivity contribution in [1.82, 2.24) is 15.3 Å². The van der Waals surface area contributed by atoms with Crippen LogP contribution in [0.3, 0.4) is 0 Å². The SMILES string of the molecule is Clc1ccc2c(c1)C1C=C(c3ccc(Br)cc3)NN1C1(CCN(Cc3ccccc3)CC1)O2. The quantitative estimate of drug-likeness (QED) is 0.431. The molecule has 1 N–H and O–H groups in total. The number of hydrazine groups is 1. The van der Waals surface area contributed by atoms with Crippen LogP contribution in [0.15, 0.2) is 83.3 Å². The Morgan fingerprint density at radius 2 is 1.76 bits per heavy atom. The van der Waals surface area contributed by atoms with Crippen LogP contribution >= 0.6 is 27.5 Å². The van der Waals surface area contributed by atoms with E-state index >= 15 is 0 Å². The molecule has 3 aromatic rings. The molecule has 0 aromatic heterocycles. The highest BCUT2D eigenvalue weighted by Gasteiger charge is 2.51. The Balaban J connectivity index is 1.29. The monoisotopic (exact) mass is 521 g/mol. The van der Waals surface area contributed by atoms with E-state index in [-0.39, 0.29) is 6.04 Å². The number of hydrogen-bond donors (Lipinski definition) is 1. The third-order valence-electron chi connectivity index (χ3n) is 6.91. The topological polar surface area (TPSA) is 27.7 Å². The van der Waals surface area contributed by atoms with Crippen LogP contribution in [-0.4, -0.2) is 28.7 Å². The summed E-state index contributed by atoms with van der Waals surface area (Å²) in [5, 5.41) is 3.06. The number of likely N-dealkylation sites (tertiary alicyclic amines) is 1. The highest BCUT2D eigenvalue weighted by atomic mass is 79.9. The molecular formula is C27H25BrClN3O. The van der Waals surface area contributed by atoms with Crippen LogP contribution in [0.1, 0.15) is 35.6 Å². The molecule has 3 aromatic carbocycles. The number of halogens is 2. The van der Waals surface area contributed by atoms with Gasteiger partial charge in [-0.05, 0) is 47.5 Å². The van der Waals surface area contributed by atoms with Crippen LogP contribution in [-0.2, 0) is 6.54 Å². The zero-order chi connectivity index (χ0) is 22.4. The molecule has 4 nitrogen and oxygen atoms in total. The summed E-state index contributed by atoms with van der Waals surface area (Å²) in [7, 11) is 0. The molecular weight excluding hydrogens is 498 g/mol. The Morgan fingerprint density at radius 3 is 2.52 bits per heavy atom. The van der Waals surface area contributed by atoms with E-state index in [1.165, 1.54) is 5.56 Å². The molecule has 1 unspecified atom stereocenters. The number of rotatable bonds is 3. The van der Waals surface area contributed by atoms with Crippen LogP contribution < -0.4 is 10.2 Å². The smallest absolute Gasteiger partial charge is 0.182 e. The number of nitrogens with zero attached hydrogens (tertiary/aromatic N) is 2. The average molecular weight is 523 g/mol. The van der Waals surface area contributed by atoms with Gasteiger partial charge in [-0.25, -0.2) is 0 Å². The van der Waals surface area contributed by atoms with Crippen LogP contribution in [0, 0.1) is 0 Å². The first-order chi connectivity index (χ1) is 16.1. The van der Waals surface area contributed by atoms with Crippen LogP contribution in [0.5, 0.6) is 5.75 Å². The first-order valence-electron chi connectivity index (χ1n) is 11.4. The van der Waals surface area contributed by atoms with E-state index in [0.717, 1.165) is 64.5 Å². The summed E-state index contributed by atoms with van der Waals surface area (Å²) in [5.74, 6) is 0.937. The molecule has 0 bridgehead atoms. The van der Waals surface area contributed by atoms with Crippen molar-refractivity contribution < 1.29 is 4.74 Å². The van der Waals surface area contributed by atoms with E-state index in [1.54, 1.807) is 0 Å². The maximum absolute atomic E-state index is 6.77. The van der Waals surface area contributed by atoms with Crippen LogP contribution in [0.4, 0.5) is 0 Å². The van der Waals surface area contributed by atoms with Gasteiger partial charge < -0.3 is 10.2 Å². The summed E-state index contributed by atoms with van der Waals surface area (Å²) in [6.45, 7) is 2.94. The third kappa shape index (κ3) is 3.97. The fourth-order valence-electron chi connectivity index (χ4n) is 5.19. The summed E-state index contributed by atoms with van der Waals surface area (Å²) in [5.41, 5.74) is 8.04. The Labute approximate surface area is 207 Å². The van der Waals surface area contributed by atoms with Crippen molar-refractivity contribution in [1.29, 1.82) is 0 Å². The summed E-state index contributed by atoms with van der Waals surface area (Å²) < 4.78 is 7.84. The summed E-state index contributed by atoms with van der Waals surface area (Å²) >= 11 is 9.93. The third-order valence-corrected chi connectivity index (χ3v) is 7.68. The number of fused-ring (bicyclic) bond motifs is 4. The fraction of sp³-hybridized carbons (Fsp3) is 0.259. The van der Waals surface area contributed by atoms with E-state index < -0.39 is 5.72 Å². The number of benzene rings is 3. The number of nitrogens with one attached hydrogen (secondary N) is 1. The van der Waals surface area contributed by atoms with Gasteiger partial charge in [-0.15, -0.1) is 0 Å². The zero-order valence-corrected chi connectivity index (χ0v) is 20.5. The van der Waals surface area contributed by atoms with Gasteiger partial charge in [0.2, 0.25) is 0 Å². The molecule has 0 amide bonds. The van der Waals surface area contributed by atoms with Gasteiger partial charge in [0.15, 0.2) is 5.72 Å². The highest BCUT2D eigenvalue weighted by Crippen LogP contribution is 2.49. The molecule has 1 saturated heterocycles. The molecule has 6 rings (SSSR count). The van der Waals surface area contributed by atoms with Gasteiger partial charge in [-0.1, -0.05) is 70.0 Å². The number of ether oxygens (including phenoxy) is 1. The molecule has 1 fully saturated rings. The lowest BCUT2D eigenvalue weighted by molar-refractivity contribution is -0.160. The maximum Gasteiger partial charge on any atom is 0.182 e. The molecule has 6 heteroatoms. The first kappa shape index (κ1) is 21.2. The fourth-order valence-corrected chi connectivity index (χ4v) is 5.63. The van der Waals surface area contributed by atoms with Gasteiger partial charge in [0.05, 0.1) is 11.7 Å². The van der Waals surface area contributed by atoms with Gasteiger partial charge in [0.25, 0.3) is 0 Å². The van der Waals surface area contributed by atoms with Crippen molar-refractivity contribution in [3.8, 4) is 5.75 Å². The Morgan fingerprint density at radius 1 is 1.00 bits per heavy atom. The molecule has 1 spiro atoms. The molecule has 0 saturated carbocycles. The van der Waals surface area contributed by atoms with Crippen LogP contribution in [0.2, 0.25) is 5.02 Å². The first-order valence-corrected chi connectivity index (χ1v) is 12.6. The van der Waals surface area contributed by atoms with Gasteiger partial charge in [0.1, 0.15) is 5.75 Å². The second-order valence-corrected chi connectivity index (χ2v) is 10.4. The van der Waals surface area contributed by atoms with E-state index in [4.69, 9.17) is 16.3 Å². The normalized spacial score (nSPS) is 21.6. The number of piperidine rings is 1. The van der Waals surface area contributed by atoms with Gasteiger partial charge in [-0.3, -0.25) is 4.90 Å². The Hall–Kier alpha value is -2.31. The van der Waals surface area contributed by atoms with Gasteiger partial charge in [0, 0.05) is 47.5 Å². The van der Waals surface area contributed by atoms with E-state index in [1.807, 2.05) is 18.2 Å². The van der Waals surface area contributed by atoms with Crippen molar-refractivity contribution >= 4 is 33.2 Å². The molecule has 1 atom stereocenters. The molecule has 3 aliphatic rings. The second-order valence-electron chi connectivity index (χ2n) is 9.01. The predicted octanol–water partition coefficient (Wildman–Crippen LogP) is 6.39. The lowest BCUT2D eigenvalue weighted by Gasteiger charge is -2.51. The van der Waals surface area contributed by atoms with Crippen LogP contribution in [0.25, 0.3) is 5.70 Å². The number of hydrogen-bond acceptors (Lipinski definition) is 4. The Kier molecular flexibility index (Phi) is 5.46. The standard InChI is InChI=1S/C27H25BrClN3O/c28-21-8-6-20(7-9-21)24-17-25-23-16-22(29)10-11-26(23)33-27(32(25)30-24)12-14-31(15-13-27)18-19-4-2-1-3-5-19/h1-11,16-17,25,30H,12-15,18H2. The molecule has 168 valence electrons. The summed E-state index contributed by atoms with van der Waals surface area (Å²) in [6.07, 6.45) is 4.15. The van der Waals surface area contributed by atoms with Gasteiger partial charge >= 0.3 is 0 Å². The molecule has 3 heterocycles. The lowest BCUT2D eigenvalue weighted by Crippen LogP contribution is -2.63. The van der Waals surface area contributed by atoms with Crippen molar-refractivity contribution in [2.45, 2.75) is 31.2 Å². The van der Waals surface area contributed by atoms with E-state index in [2.05, 4.69) is 91.9 Å². The Bertz CT molecular complexity index is 1190. The molecule has 0 radical (unpaired) electrons. The van der Waals surface area contributed by atoms with E-state index in [9.17, 15) is 0 Å². The van der Waals surface area contributed by atoms with Crippen molar-refractivity contribution in [2.24, 2.45) is 0 Å². The zero-order valence-electron chi connectivity index (χ0n) is 18.2. The minimum absolute atomic E-state index is 0.0757. The lowest BCUT2D eigenvalue weighted by atomic mass is 9.92. The molecule has 3 aliphatic heterocycles.